The molecule has 1 amide bonds. The zero-order valence-electron chi connectivity index (χ0n) is 18.5. The van der Waals surface area contributed by atoms with Crippen LogP contribution in [0.3, 0.4) is 0 Å². The van der Waals surface area contributed by atoms with Crippen molar-refractivity contribution < 1.29 is 4.79 Å². The predicted molar refractivity (Wildman–Crippen MR) is 133 cm³/mol. The van der Waals surface area contributed by atoms with Gasteiger partial charge in [-0.15, -0.1) is 0 Å². The minimum absolute atomic E-state index is 0.0623. The van der Waals surface area contributed by atoms with Gasteiger partial charge in [0.15, 0.2) is 5.16 Å². The zero-order chi connectivity index (χ0) is 22.8. The largest absolute Gasteiger partial charge is 0.337 e. The highest BCUT2D eigenvalue weighted by molar-refractivity contribution is 7.99. The van der Waals surface area contributed by atoms with Crippen LogP contribution in [0.15, 0.2) is 82.7 Å². The molecule has 4 aromatic rings. The quantitative estimate of drug-likeness (QED) is 0.325. The summed E-state index contributed by atoms with van der Waals surface area (Å²) >= 11 is 1.33. The van der Waals surface area contributed by atoms with E-state index in [9.17, 15) is 9.59 Å². The van der Waals surface area contributed by atoms with Crippen LogP contribution in [0.1, 0.15) is 23.6 Å². The van der Waals surface area contributed by atoms with Crippen molar-refractivity contribution in [1.29, 1.82) is 0 Å². The van der Waals surface area contributed by atoms with E-state index in [4.69, 9.17) is 4.98 Å². The van der Waals surface area contributed by atoms with E-state index in [1.807, 2.05) is 59.5 Å². The molecule has 5 rings (SSSR count). The third-order valence-corrected chi connectivity index (χ3v) is 7.09. The van der Waals surface area contributed by atoms with Gasteiger partial charge in [0.2, 0.25) is 5.91 Å². The standard InChI is InChI=1S/C27H25N3O2S/c1-2-19-9-5-8-14-24(19)30-26(32)22-12-6-7-13-23(22)28-27(30)33-18-25(31)29-16-15-20-10-3-4-11-21(20)17-29/h3-14H,2,15-18H2,1H3. The number of para-hydroxylation sites is 2. The van der Waals surface area contributed by atoms with Gasteiger partial charge in [0.1, 0.15) is 0 Å². The average molecular weight is 456 g/mol. The lowest BCUT2D eigenvalue weighted by Gasteiger charge is -2.28. The van der Waals surface area contributed by atoms with Crippen LogP contribution in [0, 0.1) is 0 Å². The second kappa shape index (κ2) is 9.24. The Morgan fingerprint density at radius 2 is 1.70 bits per heavy atom. The molecule has 2 heterocycles. The molecule has 1 aliphatic rings. The minimum Gasteiger partial charge on any atom is -0.337 e. The van der Waals surface area contributed by atoms with E-state index < -0.39 is 0 Å². The number of rotatable bonds is 5. The summed E-state index contributed by atoms with van der Waals surface area (Å²) in [6, 6.07) is 23.6. The van der Waals surface area contributed by atoms with Crippen LogP contribution in [0.5, 0.6) is 0 Å². The Bertz CT molecular complexity index is 1400. The number of benzene rings is 3. The van der Waals surface area contributed by atoms with Crippen molar-refractivity contribution in [2.45, 2.75) is 31.5 Å². The second-order valence-corrected chi connectivity index (χ2v) is 9.10. The van der Waals surface area contributed by atoms with Crippen molar-refractivity contribution in [1.82, 2.24) is 14.5 Å². The number of carbonyl (C=O) groups excluding carboxylic acids is 1. The highest BCUT2D eigenvalue weighted by Crippen LogP contribution is 2.25. The van der Waals surface area contributed by atoms with E-state index in [1.54, 1.807) is 10.6 Å². The maximum atomic E-state index is 13.5. The maximum absolute atomic E-state index is 13.5. The van der Waals surface area contributed by atoms with E-state index in [2.05, 4.69) is 19.1 Å². The van der Waals surface area contributed by atoms with Crippen molar-refractivity contribution in [3.8, 4) is 5.69 Å². The molecule has 1 aromatic heterocycles. The van der Waals surface area contributed by atoms with Gasteiger partial charge < -0.3 is 4.90 Å². The monoisotopic (exact) mass is 455 g/mol. The zero-order valence-corrected chi connectivity index (χ0v) is 19.3. The van der Waals surface area contributed by atoms with Crippen molar-refractivity contribution in [3.63, 3.8) is 0 Å². The van der Waals surface area contributed by atoms with Crippen LogP contribution >= 0.6 is 11.8 Å². The van der Waals surface area contributed by atoms with Crippen LogP contribution in [0.4, 0.5) is 0 Å². The maximum Gasteiger partial charge on any atom is 0.266 e. The summed E-state index contributed by atoms with van der Waals surface area (Å²) in [5, 5.41) is 1.12. The summed E-state index contributed by atoms with van der Waals surface area (Å²) in [6.07, 6.45) is 1.67. The number of aryl methyl sites for hydroxylation is 1. The summed E-state index contributed by atoms with van der Waals surface area (Å²) < 4.78 is 1.67. The molecule has 0 aliphatic carbocycles. The Labute approximate surface area is 197 Å². The number of aromatic nitrogens is 2. The van der Waals surface area contributed by atoms with Crippen molar-refractivity contribution in [2.24, 2.45) is 0 Å². The lowest BCUT2D eigenvalue weighted by atomic mass is 10.00. The van der Waals surface area contributed by atoms with Gasteiger partial charge in [-0.1, -0.05) is 73.3 Å². The molecule has 6 heteroatoms. The van der Waals surface area contributed by atoms with Crippen LogP contribution < -0.4 is 5.56 Å². The number of fused-ring (bicyclic) bond motifs is 2. The first kappa shape index (κ1) is 21.5. The first-order valence-electron chi connectivity index (χ1n) is 11.2. The fourth-order valence-corrected chi connectivity index (χ4v) is 5.28. The van der Waals surface area contributed by atoms with E-state index in [0.717, 1.165) is 24.1 Å². The van der Waals surface area contributed by atoms with Gasteiger partial charge in [-0.05, 0) is 47.7 Å². The molecule has 0 saturated heterocycles. The van der Waals surface area contributed by atoms with Gasteiger partial charge in [-0.25, -0.2) is 4.98 Å². The SMILES string of the molecule is CCc1ccccc1-n1c(SCC(=O)N2CCc3ccccc3C2)nc2ccccc2c1=O. The van der Waals surface area contributed by atoms with Gasteiger partial charge in [0.05, 0.1) is 22.3 Å². The Morgan fingerprint density at radius 1 is 0.970 bits per heavy atom. The molecule has 0 N–H and O–H groups in total. The number of amides is 1. The van der Waals surface area contributed by atoms with Crippen LogP contribution in [-0.4, -0.2) is 32.7 Å². The van der Waals surface area contributed by atoms with Gasteiger partial charge in [0.25, 0.3) is 5.56 Å². The molecule has 0 atom stereocenters. The first-order valence-corrected chi connectivity index (χ1v) is 12.2. The lowest BCUT2D eigenvalue weighted by Crippen LogP contribution is -2.37. The van der Waals surface area contributed by atoms with E-state index >= 15 is 0 Å². The first-order chi connectivity index (χ1) is 16.2. The molecule has 0 saturated carbocycles. The topological polar surface area (TPSA) is 55.2 Å². The summed E-state index contributed by atoms with van der Waals surface area (Å²) in [6.45, 7) is 3.42. The Hall–Kier alpha value is -3.38. The van der Waals surface area contributed by atoms with Gasteiger partial charge in [0, 0.05) is 13.1 Å². The van der Waals surface area contributed by atoms with Gasteiger partial charge in [-0.3, -0.25) is 14.2 Å². The molecule has 3 aromatic carbocycles. The molecular formula is C27H25N3O2S. The number of carbonyl (C=O) groups is 1. The molecular weight excluding hydrogens is 430 g/mol. The Kier molecular flexibility index (Phi) is 6.01. The third-order valence-electron chi connectivity index (χ3n) is 6.17. The molecule has 1 aliphatic heterocycles. The second-order valence-electron chi connectivity index (χ2n) is 8.16. The van der Waals surface area contributed by atoms with Crippen LogP contribution in [0.25, 0.3) is 16.6 Å². The average Bonchev–Trinajstić information content (AvgIpc) is 2.87. The summed E-state index contributed by atoms with van der Waals surface area (Å²) in [5.41, 5.74) is 4.95. The normalized spacial score (nSPS) is 13.2. The number of hydrogen-bond acceptors (Lipinski definition) is 4. The van der Waals surface area contributed by atoms with Crippen molar-refractivity contribution in [2.75, 3.05) is 12.3 Å². The Morgan fingerprint density at radius 3 is 2.55 bits per heavy atom. The summed E-state index contributed by atoms with van der Waals surface area (Å²) in [5.74, 6) is 0.300. The molecule has 0 bridgehead atoms. The molecule has 33 heavy (non-hydrogen) atoms. The van der Waals surface area contributed by atoms with Crippen molar-refractivity contribution in [3.05, 3.63) is 99.8 Å². The van der Waals surface area contributed by atoms with Crippen LogP contribution in [0.2, 0.25) is 0 Å². The van der Waals surface area contributed by atoms with Gasteiger partial charge in [-0.2, -0.15) is 0 Å². The fourth-order valence-electron chi connectivity index (χ4n) is 4.38. The number of hydrogen-bond donors (Lipinski definition) is 0. The molecule has 166 valence electrons. The number of nitrogens with zero attached hydrogens (tertiary/aromatic N) is 3. The Balaban J connectivity index is 1.48. The third kappa shape index (κ3) is 4.18. The van der Waals surface area contributed by atoms with E-state index in [0.29, 0.717) is 29.1 Å². The smallest absolute Gasteiger partial charge is 0.266 e. The van der Waals surface area contributed by atoms with Gasteiger partial charge >= 0.3 is 0 Å². The minimum atomic E-state index is -0.108. The molecule has 0 spiro atoms. The van der Waals surface area contributed by atoms with E-state index in [1.165, 1.54) is 22.9 Å². The summed E-state index contributed by atoms with van der Waals surface area (Å²) in [7, 11) is 0. The van der Waals surface area contributed by atoms with Crippen LogP contribution in [-0.2, 0) is 24.2 Å². The van der Waals surface area contributed by atoms with E-state index in [-0.39, 0.29) is 17.2 Å². The molecule has 0 fully saturated rings. The molecule has 0 radical (unpaired) electrons. The predicted octanol–water partition coefficient (Wildman–Crippen LogP) is 4.63. The molecule has 0 unspecified atom stereocenters. The van der Waals surface area contributed by atoms with Crippen molar-refractivity contribution >= 4 is 28.6 Å². The highest BCUT2D eigenvalue weighted by Gasteiger charge is 2.22. The lowest BCUT2D eigenvalue weighted by molar-refractivity contribution is -0.129. The molecule has 5 nitrogen and oxygen atoms in total. The number of thioether (sulfide) groups is 1. The highest BCUT2D eigenvalue weighted by atomic mass is 32.2. The summed E-state index contributed by atoms with van der Waals surface area (Å²) in [4.78, 5) is 33.3. The fraction of sp³-hybridized carbons (Fsp3) is 0.222.